The van der Waals surface area contributed by atoms with E-state index in [1.54, 1.807) is 11.3 Å². The second-order valence-electron chi connectivity index (χ2n) is 7.55. The van der Waals surface area contributed by atoms with Gasteiger partial charge in [0.15, 0.2) is 0 Å². The number of nitrogens with one attached hydrogen (secondary N) is 2. The fraction of sp³-hybridized carbons (Fsp3) is 0.476. The van der Waals surface area contributed by atoms with Crippen LogP contribution in [0.25, 0.3) is 0 Å². The van der Waals surface area contributed by atoms with E-state index in [1.807, 2.05) is 35.2 Å². The summed E-state index contributed by atoms with van der Waals surface area (Å²) < 4.78 is 0. The van der Waals surface area contributed by atoms with E-state index in [0.717, 1.165) is 61.6 Å². The predicted molar refractivity (Wildman–Crippen MR) is 111 cm³/mol. The summed E-state index contributed by atoms with van der Waals surface area (Å²) in [6.45, 7) is 2.15. The zero-order valence-electron chi connectivity index (χ0n) is 15.9. The average Bonchev–Trinajstić information content (AvgIpc) is 3.48. The van der Waals surface area contributed by atoms with E-state index in [-0.39, 0.29) is 17.9 Å². The second-order valence-corrected chi connectivity index (χ2v) is 8.44. The molecule has 4 rings (SSSR count). The van der Waals surface area contributed by atoms with Crippen molar-refractivity contribution in [1.29, 1.82) is 0 Å². The number of likely N-dealkylation sites (tertiary alicyclic amines) is 1. The molecular formula is C21H26N4O2S. The van der Waals surface area contributed by atoms with Crippen LogP contribution in [0.15, 0.2) is 35.7 Å². The van der Waals surface area contributed by atoms with Crippen LogP contribution < -0.4 is 10.6 Å². The number of rotatable bonds is 6. The highest BCUT2D eigenvalue weighted by atomic mass is 32.1. The van der Waals surface area contributed by atoms with Crippen molar-refractivity contribution in [1.82, 2.24) is 15.2 Å². The minimum absolute atomic E-state index is 0.0316. The Morgan fingerprint density at radius 2 is 1.86 bits per heavy atom. The third-order valence-electron chi connectivity index (χ3n) is 5.35. The van der Waals surface area contributed by atoms with Crippen LogP contribution in [0.2, 0.25) is 0 Å². The first-order valence-corrected chi connectivity index (χ1v) is 10.9. The van der Waals surface area contributed by atoms with Crippen molar-refractivity contribution >= 4 is 29.0 Å². The molecule has 0 unspecified atom stereocenters. The molecule has 0 bridgehead atoms. The summed E-state index contributed by atoms with van der Waals surface area (Å²) in [5.41, 5.74) is 1.88. The van der Waals surface area contributed by atoms with Crippen LogP contribution in [-0.2, 0) is 11.2 Å². The van der Waals surface area contributed by atoms with Gasteiger partial charge >= 0.3 is 6.03 Å². The molecule has 1 aliphatic heterocycles. The first-order chi connectivity index (χ1) is 13.7. The average molecular weight is 399 g/mol. The van der Waals surface area contributed by atoms with Gasteiger partial charge in [-0.2, -0.15) is 0 Å². The van der Waals surface area contributed by atoms with E-state index in [2.05, 4.69) is 16.0 Å². The monoisotopic (exact) mass is 398 g/mol. The maximum absolute atomic E-state index is 12.4. The number of benzene rings is 1. The van der Waals surface area contributed by atoms with Gasteiger partial charge in [0.25, 0.3) is 0 Å². The van der Waals surface area contributed by atoms with Crippen LogP contribution >= 0.6 is 11.3 Å². The van der Waals surface area contributed by atoms with Gasteiger partial charge in [-0.15, -0.1) is 11.3 Å². The quantitative estimate of drug-likeness (QED) is 0.780. The van der Waals surface area contributed by atoms with Crippen molar-refractivity contribution in [2.45, 2.75) is 38.0 Å². The molecule has 6 nitrogen and oxygen atoms in total. The van der Waals surface area contributed by atoms with Gasteiger partial charge in [0, 0.05) is 49.0 Å². The van der Waals surface area contributed by atoms with Gasteiger partial charge in [0.2, 0.25) is 5.91 Å². The summed E-state index contributed by atoms with van der Waals surface area (Å²) in [7, 11) is 0. The SMILES string of the molecule is O=C(NCCc1csc(C2CCN(C(=O)Nc3ccccc3)CC2)n1)C1CC1. The number of piperidine rings is 1. The molecule has 3 amide bonds. The molecule has 0 atom stereocenters. The smallest absolute Gasteiger partial charge is 0.321 e. The Morgan fingerprint density at radius 1 is 1.11 bits per heavy atom. The lowest BCUT2D eigenvalue weighted by Gasteiger charge is -2.31. The minimum atomic E-state index is -0.0316. The van der Waals surface area contributed by atoms with Gasteiger partial charge in [-0.05, 0) is 37.8 Å². The number of nitrogens with zero attached hydrogens (tertiary/aromatic N) is 2. The molecule has 2 heterocycles. The number of hydrogen-bond donors (Lipinski definition) is 2. The molecule has 148 valence electrons. The number of carbonyl (C=O) groups excluding carboxylic acids is 2. The molecule has 1 saturated carbocycles. The van der Waals surface area contributed by atoms with E-state index in [0.29, 0.717) is 12.5 Å². The van der Waals surface area contributed by atoms with Crippen LogP contribution in [0.1, 0.15) is 42.3 Å². The number of hydrogen-bond acceptors (Lipinski definition) is 4. The lowest BCUT2D eigenvalue weighted by atomic mass is 9.98. The maximum atomic E-state index is 12.4. The first kappa shape index (κ1) is 18.9. The van der Waals surface area contributed by atoms with Crippen molar-refractivity contribution in [3.8, 4) is 0 Å². The molecular weight excluding hydrogens is 372 g/mol. The highest BCUT2D eigenvalue weighted by Gasteiger charge is 2.29. The maximum Gasteiger partial charge on any atom is 0.321 e. The number of aromatic nitrogens is 1. The molecule has 1 aliphatic carbocycles. The molecule has 28 heavy (non-hydrogen) atoms. The minimum Gasteiger partial charge on any atom is -0.355 e. The van der Waals surface area contributed by atoms with Crippen molar-refractivity contribution in [2.24, 2.45) is 5.92 Å². The van der Waals surface area contributed by atoms with Gasteiger partial charge in [0.05, 0.1) is 10.7 Å². The summed E-state index contributed by atoms with van der Waals surface area (Å²) in [4.78, 5) is 30.7. The van der Waals surface area contributed by atoms with Gasteiger partial charge in [0.1, 0.15) is 0 Å². The lowest BCUT2D eigenvalue weighted by molar-refractivity contribution is -0.122. The Hall–Kier alpha value is -2.41. The second kappa shape index (κ2) is 8.73. The highest BCUT2D eigenvalue weighted by molar-refractivity contribution is 7.09. The summed E-state index contributed by atoms with van der Waals surface area (Å²) in [5.74, 6) is 0.868. The molecule has 2 aliphatic rings. The van der Waals surface area contributed by atoms with E-state index < -0.39 is 0 Å². The third kappa shape index (κ3) is 4.90. The van der Waals surface area contributed by atoms with E-state index in [9.17, 15) is 9.59 Å². The van der Waals surface area contributed by atoms with Crippen LogP contribution in [0.4, 0.5) is 10.5 Å². The van der Waals surface area contributed by atoms with Crippen molar-refractivity contribution in [3.63, 3.8) is 0 Å². The van der Waals surface area contributed by atoms with Gasteiger partial charge < -0.3 is 15.5 Å². The fourth-order valence-electron chi connectivity index (χ4n) is 3.48. The van der Waals surface area contributed by atoms with Crippen LogP contribution in [-0.4, -0.2) is 41.5 Å². The molecule has 0 spiro atoms. The van der Waals surface area contributed by atoms with Gasteiger partial charge in [-0.25, -0.2) is 9.78 Å². The summed E-state index contributed by atoms with van der Waals surface area (Å²) in [5, 5.41) is 9.21. The van der Waals surface area contributed by atoms with E-state index in [1.165, 1.54) is 0 Å². The van der Waals surface area contributed by atoms with Crippen LogP contribution in [0.5, 0.6) is 0 Å². The fourth-order valence-corrected chi connectivity index (χ4v) is 4.51. The molecule has 2 aromatic rings. The zero-order valence-corrected chi connectivity index (χ0v) is 16.7. The molecule has 1 aromatic carbocycles. The number of thiazole rings is 1. The molecule has 2 fully saturated rings. The molecule has 1 aromatic heterocycles. The Labute approximate surface area is 169 Å². The topological polar surface area (TPSA) is 74.3 Å². The number of urea groups is 1. The highest BCUT2D eigenvalue weighted by Crippen LogP contribution is 2.31. The van der Waals surface area contributed by atoms with Gasteiger partial charge in [-0.1, -0.05) is 18.2 Å². The summed E-state index contributed by atoms with van der Waals surface area (Å²) >= 11 is 1.70. The summed E-state index contributed by atoms with van der Waals surface area (Å²) in [6, 6.07) is 9.53. The largest absolute Gasteiger partial charge is 0.355 e. The van der Waals surface area contributed by atoms with Crippen LogP contribution in [0, 0.1) is 5.92 Å². The molecule has 2 N–H and O–H groups in total. The zero-order chi connectivity index (χ0) is 19.3. The van der Waals surface area contributed by atoms with E-state index in [4.69, 9.17) is 4.98 Å². The summed E-state index contributed by atoms with van der Waals surface area (Å²) in [6.07, 6.45) is 4.73. The first-order valence-electron chi connectivity index (χ1n) is 10.0. The number of carbonyl (C=O) groups is 2. The Morgan fingerprint density at radius 3 is 2.57 bits per heavy atom. The third-order valence-corrected chi connectivity index (χ3v) is 6.41. The number of anilines is 1. The van der Waals surface area contributed by atoms with Gasteiger partial charge in [-0.3, -0.25) is 4.79 Å². The normalized spacial score (nSPS) is 17.4. The van der Waals surface area contributed by atoms with Crippen molar-refractivity contribution in [2.75, 3.05) is 25.0 Å². The Balaban J connectivity index is 1.22. The lowest BCUT2D eigenvalue weighted by Crippen LogP contribution is -2.40. The molecule has 7 heteroatoms. The Kier molecular flexibility index (Phi) is 5.90. The molecule has 1 saturated heterocycles. The van der Waals surface area contributed by atoms with Crippen molar-refractivity contribution in [3.05, 3.63) is 46.4 Å². The standard InChI is InChI=1S/C21H26N4O2S/c26-19(15-6-7-15)22-11-8-18-14-28-20(23-18)16-9-12-25(13-10-16)21(27)24-17-4-2-1-3-5-17/h1-5,14-16H,6-13H2,(H,22,26)(H,24,27). The number of amides is 3. The molecule has 0 radical (unpaired) electrons. The Bertz CT molecular complexity index is 811. The van der Waals surface area contributed by atoms with Crippen molar-refractivity contribution < 1.29 is 9.59 Å². The van der Waals surface area contributed by atoms with E-state index >= 15 is 0 Å². The van der Waals surface area contributed by atoms with Crippen LogP contribution in [0.3, 0.4) is 0 Å². The predicted octanol–water partition coefficient (Wildman–Crippen LogP) is 3.62. The number of para-hydroxylation sites is 1.